The van der Waals surface area contributed by atoms with E-state index >= 15 is 0 Å². The molecule has 9 heteroatoms. The second-order valence-electron chi connectivity index (χ2n) is 7.43. The van der Waals surface area contributed by atoms with E-state index in [1.54, 1.807) is 11.3 Å². The topological polar surface area (TPSA) is 89.6 Å². The van der Waals surface area contributed by atoms with E-state index in [2.05, 4.69) is 36.9 Å². The Morgan fingerprint density at radius 1 is 1.00 bits per heavy atom. The summed E-state index contributed by atoms with van der Waals surface area (Å²) in [5, 5.41) is 12.5. The van der Waals surface area contributed by atoms with Crippen LogP contribution in [0.3, 0.4) is 0 Å². The average molecular weight is 472 g/mol. The molecule has 0 radical (unpaired) electrons. The fourth-order valence-electron chi connectivity index (χ4n) is 3.74. The highest BCUT2D eigenvalue weighted by atomic mass is 32.2. The summed E-state index contributed by atoms with van der Waals surface area (Å²) in [7, 11) is 0. The quantitative estimate of drug-likeness (QED) is 0.330. The Morgan fingerprint density at radius 2 is 1.85 bits per heavy atom. The van der Waals surface area contributed by atoms with Gasteiger partial charge in [0, 0.05) is 5.39 Å². The summed E-state index contributed by atoms with van der Waals surface area (Å²) in [4.78, 5) is 21.2. The van der Waals surface area contributed by atoms with Crippen molar-refractivity contribution in [2.24, 2.45) is 0 Å². The zero-order valence-electron chi connectivity index (χ0n) is 17.3. The number of thioether (sulfide) groups is 1. The molecule has 0 aliphatic carbocycles. The van der Waals surface area contributed by atoms with E-state index in [0.29, 0.717) is 29.2 Å². The summed E-state index contributed by atoms with van der Waals surface area (Å²) in [6.07, 6.45) is 0. The molecule has 0 unspecified atom stereocenters. The van der Waals surface area contributed by atoms with Crippen molar-refractivity contribution in [3.05, 3.63) is 93.9 Å². The molecule has 33 heavy (non-hydrogen) atoms. The minimum Gasteiger partial charge on any atom is -0.449 e. The van der Waals surface area contributed by atoms with Crippen molar-refractivity contribution in [1.82, 2.24) is 24.7 Å². The number of nitrogens with zero attached hydrogens (tertiary/aromatic N) is 4. The summed E-state index contributed by atoms with van der Waals surface area (Å²) in [6, 6.07) is 21.8. The number of furan rings is 1. The van der Waals surface area contributed by atoms with Gasteiger partial charge < -0.3 is 9.40 Å². The normalized spacial score (nSPS) is 11.5. The van der Waals surface area contributed by atoms with Gasteiger partial charge in [-0.3, -0.25) is 9.36 Å². The van der Waals surface area contributed by atoms with Crippen LogP contribution in [0.2, 0.25) is 0 Å². The Morgan fingerprint density at radius 3 is 2.70 bits per heavy atom. The molecular weight excluding hydrogens is 454 g/mol. The first-order chi connectivity index (χ1) is 16.3. The molecule has 0 saturated heterocycles. The predicted octanol–water partition coefficient (Wildman–Crippen LogP) is 5.33. The highest BCUT2D eigenvalue weighted by molar-refractivity contribution is 7.98. The smallest absolute Gasteiger partial charge is 0.294 e. The van der Waals surface area contributed by atoms with Crippen LogP contribution in [-0.2, 0) is 12.3 Å². The lowest BCUT2D eigenvalue weighted by Gasteiger charge is -2.09. The van der Waals surface area contributed by atoms with Crippen LogP contribution in [0, 0.1) is 0 Å². The van der Waals surface area contributed by atoms with Crippen molar-refractivity contribution in [2.75, 3.05) is 0 Å². The third kappa shape index (κ3) is 3.75. The van der Waals surface area contributed by atoms with Gasteiger partial charge in [0.25, 0.3) is 5.56 Å². The molecule has 0 spiro atoms. The number of benzene rings is 2. The second-order valence-corrected chi connectivity index (χ2v) is 9.32. The van der Waals surface area contributed by atoms with E-state index in [1.165, 1.54) is 11.8 Å². The van der Waals surface area contributed by atoms with Gasteiger partial charge in [0.1, 0.15) is 16.9 Å². The van der Waals surface area contributed by atoms with E-state index in [-0.39, 0.29) is 11.1 Å². The van der Waals surface area contributed by atoms with Gasteiger partial charge in [0.2, 0.25) is 5.58 Å². The Kier molecular flexibility index (Phi) is 5.04. The van der Waals surface area contributed by atoms with Crippen molar-refractivity contribution in [3.8, 4) is 10.7 Å². The lowest BCUT2D eigenvalue weighted by Crippen LogP contribution is -2.10. The molecule has 0 aliphatic heterocycles. The van der Waals surface area contributed by atoms with Crippen molar-refractivity contribution >= 4 is 45.2 Å². The number of para-hydroxylation sites is 1. The van der Waals surface area contributed by atoms with Gasteiger partial charge in [-0.25, -0.2) is 4.98 Å². The lowest BCUT2D eigenvalue weighted by molar-refractivity contribution is 0.660. The number of aromatic amines is 1. The molecule has 0 atom stereocenters. The predicted molar refractivity (Wildman–Crippen MR) is 131 cm³/mol. The van der Waals surface area contributed by atoms with Crippen molar-refractivity contribution in [3.63, 3.8) is 0 Å². The molecule has 6 aromatic rings. The highest BCUT2D eigenvalue weighted by Crippen LogP contribution is 2.30. The van der Waals surface area contributed by atoms with Crippen LogP contribution in [0.5, 0.6) is 0 Å². The number of thiophene rings is 1. The Bertz CT molecular complexity index is 1620. The first kappa shape index (κ1) is 20.0. The van der Waals surface area contributed by atoms with E-state index in [1.807, 2.05) is 60.0 Å². The third-order valence-corrected chi connectivity index (χ3v) is 7.10. The van der Waals surface area contributed by atoms with E-state index in [9.17, 15) is 4.79 Å². The molecule has 1 N–H and O–H groups in total. The number of aromatic nitrogens is 5. The number of hydrogen-bond acceptors (Lipinski definition) is 7. The maximum absolute atomic E-state index is 12.6. The summed E-state index contributed by atoms with van der Waals surface area (Å²) >= 11 is 3.12. The van der Waals surface area contributed by atoms with Gasteiger partial charge in [-0.15, -0.1) is 21.5 Å². The molecule has 4 aromatic heterocycles. The van der Waals surface area contributed by atoms with Gasteiger partial charge >= 0.3 is 0 Å². The standard InChI is InChI=1S/C24H17N5O2S2/c30-23-21-20(16-9-4-5-10-17(16)31-21)25-19(26-23)14-33-24-28-27-22(18-11-6-12-32-18)29(24)13-15-7-2-1-3-8-15/h1-12H,13-14H2,(H,25,26,30). The molecule has 162 valence electrons. The minimum absolute atomic E-state index is 0.247. The Labute approximate surface area is 196 Å². The average Bonchev–Trinajstić information content (AvgIpc) is 3.58. The molecule has 6 rings (SSSR count). The van der Waals surface area contributed by atoms with Gasteiger partial charge in [-0.2, -0.15) is 0 Å². The lowest BCUT2D eigenvalue weighted by atomic mass is 10.2. The molecule has 7 nitrogen and oxygen atoms in total. The molecule has 0 amide bonds. The maximum atomic E-state index is 12.6. The first-order valence-corrected chi connectivity index (χ1v) is 12.2. The zero-order chi connectivity index (χ0) is 22.2. The number of nitrogens with one attached hydrogen (secondary N) is 1. The largest absolute Gasteiger partial charge is 0.449 e. The van der Waals surface area contributed by atoms with Crippen molar-refractivity contribution in [1.29, 1.82) is 0 Å². The van der Waals surface area contributed by atoms with Crippen molar-refractivity contribution in [2.45, 2.75) is 17.5 Å². The number of fused-ring (bicyclic) bond motifs is 3. The number of hydrogen-bond donors (Lipinski definition) is 1. The molecule has 0 saturated carbocycles. The second kappa shape index (κ2) is 8.34. The number of rotatable bonds is 6. The van der Waals surface area contributed by atoms with Crippen molar-refractivity contribution < 1.29 is 4.42 Å². The van der Waals surface area contributed by atoms with Crippen LogP contribution in [0.25, 0.3) is 32.8 Å². The van der Waals surface area contributed by atoms with Gasteiger partial charge in [0.05, 0.1) is 17.2 Å². The van der Waals surface area contributed by atoms with Crippen LogP contribution in [0.1, 0.15) is 11.4 Å². The minimum atomic E-state index is -0.281. The number of H-pyrrole nitrogens is 1. The molecule has 2 aromatic carbocycles. The SMILES string of the molecule is O=c1[nH]c(CSc2nnc(-c3cccs3)n2Cc2ccccc2)nc2c1oc1ccccc12. The molecular formula is C24H17N5O2S2. The molecule has 0 fully saturated rings. The van der Waals surface area contributed by atoms with Crippen LogP contribution in [-0.4, -0.2) is 24.7 Å². The summed E-state index contributed by atoms with van der Waals surface area (Å²) < 4.78 is 7.80. The third-order valence-electron chi connectivity index (χ3n) is 5.26. The Hall–Kier alpha value is -3.69. The van der Waals surface area contributed by atoms with Crippen LogP contribution < -0.4 is 5.56 Å². The van der Waals surface area contributed by atoms with Crippen LogP contribution in [0.15, 0.2) is 86.5 Å². The van der Waals surface area contributed by atoms with Crippen LogP contribution >= 0.6 is 23.1 Å². The molecule has 0 aliphatic rings. The summed E-state index contributed by atoms with van der Waals surface area (Å²) in [6.45, 7) is 0.652. The van der Waals surface area contributed by atoms with Gasteiger partial charge in [-0.1, -0.05) is 60.3 Å². The molecule has 0 bridgehead atoms. The summed E-state index contributed by atoms with van der Waals surface area (Å²) in [5.74, 6) is 1.84. The first-order valence-electron chi connectivity index (χ1n) is 10.3. The van der Waals surface area contributed by atoms with E-state index in [4.69, 9.17) is 4.42 Å². The fraction of sp³-hybridized carbons (Fsp3) is 0.0833. The maximum Gasteiger partial charge on any atom is 0.294 e. The van der Waals surface area contributed by atoms with E-state index in [0.717, 1.165) is 26.8 Å². The van der Waals surface area contributed by atoms with E-state index < -0.39 is 0 Å². The van der Waals surface area contributed by atoms with Crippen LogP contribution in [0.4, 0.5) is 0 Å². The fourth-order valence-corrected chi connectivity index (χ4v) is 5.27. The highest BCUT2D eigenvalue weighted by Gasteiger charge is 2.17. The van der Waals surface area contributed by atoms with Gasteiger partial charge in [0.15, 0.2) is 11.0 Å². The van der Waals surface area contributed by atoms with Gasteiger partial charge in [-0.05, 0) is 29.1 Å². The zero-order valence-corrected chi connectivity index (χ0v) is 18.9. The summed E-state index contributed by atoms with van der Waals surface area (Å²) in [5.41, 5.74) is 2.36. The monoisotopic (exact) mass is 471 g/mol. The molecule has 4 heterocycles. The Balaban J connectivity index is 1.35.